The third-order valence-electron chi connectivity index (χ3n) is 2.93. The molecule has 1 aliphatic rings. The molecular formula is C12H17FN2S. The van der Waals surface area contributed by atoms with Crippen molar-refractivity contribution in [1.82, 2.24) is 0 Å². The van der Waals surface area contributed by atoms with Crippen LogP contribution < -0.4 is 10.6 Å². The molecule has 88 valence electrons. The van der Waals surface area contributed by atoms with Crippen LogP contribution in [0.15, 0.2) is 18.2 Å². The minimum atomic E-state index is -0.213. The van der Waals surface area contributed by atoms with Gasteiger partial charge in [-0.05, 0) is 24.6 Å². The van der Waals surface area contributed by atoms with Crippen LogP contribution in [0.4, 0.5) is 15.8 Å². The van der Waals surface area contributed by atoms with Crippen LogP contribution in [0.3, 0.4) is 0 Å². The number of nitrogen functional groups attached to an aromatic ring is 1. The van der Waals surface area contributed by atoms with Crippen LogP contribution in [-0.2, 0) is 0 Å². The number of hydrogen-bond acceptors (Lipinski definition) is 3. The third-order valence-corrected chi connectivity index (χ3v) is 4.30. The molecule has 0 spiro atoms. The van der Waals surface area contributed by atoms with Gasteiger partial charge in [-0.3, -0.25) is 0 Å². The van der Waals surface area contributed by atoms with Crippen molar-refractivity contribution in [3.8, 4) is 0 Å². The highest BCUT2D eigenvalue weighted by atomic mass is 32.2. The Morgan fingerprint density at radius 1 is 1.56 bits per heavy atom. The van der Waals surface area contributed by atoms with Crippen molar-refractivity contribution in [3.05, 3.63) is 24.0 Å². The Labute approximate surface area is 100 Å². The molecule has 2 N–H and O–H groups in total. The molecule has 0 aliphatic carbocycles. The van der Waals surface area contributed by atoms with Crippen LogP contribution in [0.2, 0.25) is 0 Å². The summed E-state index contributed by atoms with van der Waals surface area (Å²) >= 11 is 2.00. The highest BCUT2D eigenvalue weighted by Gasteiger charge is 2.20. The summed E-state index contributed by atoms with van der Waals surface area (Å²) in [6.07, 6.45) is 1.15. The summed E-state index contributed by atoms with van der Waals surface area (Å²) in [4.78, 5) is 2.20. The lowest BCUT2D eigenvalue weighted by atomic mass is 10.2. The van der Waals surface area contributed by atoms with Gasteiger partial charge >= 0.3 is 0 Å². The van der Waals surface area contributed by atoms with Gasteiger partial charge in [-0.25, -0.2) is 4.39 Å². The first-order valence-corrected chi connectivity index (χ1v) is 6.67. The minimum Gasteiger partial charge on any atom is -0.397 e. The quantitative estimate of drug-likeness (QED) is 0.806. The van der Waals surface area contributed by atoms with E-state index in [1.165, 1.54) is 12.1 Å². The number of nitrogens with two attached hydrogens (primary N) is 1. The van der Waals surface area contributed by atoms with Gasteiger partial charge in [-0.15, -0.1) is 0 Å². The normalized spacial score (nSPS) is 21.1. The van der Waals surface area contributed by atoms with E-state index in [0.29, 0.717) is 10.9 Å². The van der Waals surface area contributed by atoms with E-state index in [-0.39, 0.29) is 5.82 Å². The highest BCUT2D eigenvalue weighted by Crippen LogP contribution is 2.29. The van der Waals surface area contributed by atoms with Crippen LogP contribution in [0, 0.1) is 5.82 Å². The van der Waals surface area contributed by atoms with Crippen LogP contribution in [0.1, 0.15) is 13.3 Å². The summed E-state index contributed by atoms with van der Waals surface area (Å²) in [7, 11) is 0. The highest BCUT2D eigenvalue weighted by molar-refractivity contribution is 8.00. The average Bonchev–Trinajstić information content (AvgIpc) is 2.32. The lowest BCUT2D eigenvalue weighted by Crippen LogP contribution is -2.38. The molecule has 1 atom stereocenters. The summed E-state index contributed by atoms with van der Waals surface area (Å²) in [6.45, 7) is 4.11. The molecule has 1 heterocycles. The van der Waals surface area contributed by atoms with Crippen molar-refractivity contribution in [2.75, 3.05) is 29.5 Å². The van der Waals surface area contributed by atoms with Crippen LogP contribution in [0.25, 0.3) is 0 Å². The Bertz CT molecular complexity index is 370. The number of benzene rings is 1. The Kier molecular flexibility index (Phi) is 3.59. The van der Waals surface area contributed by atoms with Crippen molar-refractivity contribution in [3.63, 3.8) is 0 Å². The second-order valence-corrected chi connectivity index (χ2v) is 5.46. The van der Waals surface area contributed by atoms with E-state index in [1.54, 1.807) is 6.07 Å². The zero-order valence-electron chi connectivity index (χ0n) is 9.45. The van der Waals surface area contributed by atoms with E-state index in [9.17, 15) is 4.39 Å². The van der Waals surface area contributed by atoms with E-state index in [2.05, 4.69) is 11.8 Å². The average molecular weight is 240 g/mol. The predicted octanol–water partition coefficient (Wildman–Crippen LogP) is 2.74. The zero-order chi connectivity index (χ0) is 11.5. The molecule has 1 aromatic carbocycles. The Hall–Kier alpha value is -0.900. The molecule has 2 rings (SSSR count). The molecule has 0 bridgehead atoms. The van der Waals surface area contributed by atoms with Gasteiger partial charge in [0.25, 0.3) is 0 Å². The Balaban J connectivity index is 2.19. The molecular weight excluding hydrogens is 223 g/mol. The van der Waals surface area contributed by atoms with Gasteiger partial charge < -0.3 is 10.6 Å². The first-order valence-electron chi connectivity index (χ1n) is 5.62. The first kappa shape index (κ1) is 11.6. The number of halogens is 1. The molecule has 16 heavy (non-hydrogen) atoms. The van der Waals surface area contributed by atoms with Crippen molar-refractivity contribution < 1.29 is 4.39 Å². The molecule has 1 fully saturated rings. The monoisotopic (exact) mass is 240 g/mol. The lowest BCUT2D eigenvalue weighted by molar-refractivity contribution is 0.626. The molecule has 1 saturated heterocycles. The second kappa shape index (κ2) is 4.95. The van der Waals surface area contributed by atoms with Crippen molar-refractivity contribution in [2.45, 2.75) is 18.6 Å². The molecule has 2 nitrogen and oxygen atoms in total. The number of rotatable bonds is 2. The number of hydrogen-bond donors (Lipinski definition) is 1. The lowest BCUT2D eigenvalue weighted by Gasteiger charge is -2.34. The van der Waals surface area contributed by atoms with Crippen molar-refractivity contribution >= 4 is 23.1 Å². The van der Waals surface area contributed by atoms with Crippen LogP contribution >= 0.6 is 11.8 Å². The Morgan fingerprint density at radius 3 is 3.12 bits per heavy atom. The number of nitrogens with zero attached hydrogens (tertiary/aromatic N) is 1. The fraction of sp³-hybridized carbons (Fsp3) is 0.500. The fourth-order valence-corrected chi connectivity index (χ4v) is 3.16. The van der Waals surface area contributed by atoms with Gasteiger partial charge in [0, 0.05) is 24.1 Å². The largest absolute Gasteiger partial charge is 0.397 e. The van der Waals surface area contributed by atoms with Gasteiger partial charge in [0.15, 0.2) is 0 Å². The molecule has 0 amide bonds. The summed E-state index contributed by atoms with van der Waals surface area (Å²) in [5.74, 6) is 0.879. The van der Waals surface area contributed by atoms with Gasteiger partial charge in [0.05, 0.1) is 11.4 Å². The van der Waals surface area contributed by atoms with E-state index in [1.807, 2.05) is 11.8 Å². The number of anilines is 2. The first-order chi connectivity index (χ1) is 7.70. The number of thioether (sulfide) groups is 1. The molecule has 1 unspecified atom stereocenters. The molecule has 0 saturated carbocycles. The second-order valence-electron chi connectivity index (χ2n) is 4.05. The summed E-state index contributed by atoms with van der Waals surface area (Å²) in [5, 5.41) is 0.636. The molecule has 0 aromatic heterocycles. The van der Waals surface area contributed by atoms with E-state index in [4.69, 9.17) is 5.73 Å². The zero-order valence-corrected chi connectivity index (χ0v) is 10.3. The summed E-state index contributed by atoms with van der Waals surface area (Å²) < 4.78 is 13.2. The topological polar surface area (TPSA) is 29.3 Å². The molecule has 1 aromatic rings. The van der Waals surface area contributed by atoms with E-state index < -0.39 is 0 Å². The van der Waals surface area contributed by atoms with E-state index in [0.717, 1.165) is 31.0 Å². The van der Waals surface area contributed by atoms with Gasteiger partial charge in [0.2, 0.25) is 0 Å². The molecule has 4 heteroatoms. The summed E-state index contributed by atoms with van der Waals surface area (Å²) in [5.41, 5.74) is 7.41. The summed E-state index contributed by atoms with van der Waals surface area (Å²) in [6, 6.07) is 4.60. The Morgan fingerprint density at radius 2 is 2.38 bits per heavy atom. The smallest absolute Gasteiger partial charge is 0.125 e. The molecule has 1 aliphatic heterocycles. The SMILES string of the molecule is CCC1CN(c2cc(F)ccc2N)CCS1. The van der Waals surface area contributed by atoms with Gasteiger partial charge in [0.1, 0.15) is 5.82 Å². The van der Waals surface area contributed by atoms with Gasteiger partial charge in [-0.1, -0.05) is 6.92 Å². The molecule has 0 radical (unpaired) electrons. The van der Waals surface area contributed by atoms with Crippen LogP contribution in [0.5, 0.6) is 0 Å². The predicted molar refractivity (Wildman–Crippen MR) is 69.6 cm³/mol. The van der Waals surface area contributed by atoms with E-state index >= 15 is 0 Å². The van der Waals surface area contributed by atoms with Crippen LogP contribution in [-0.4, -0.2) is 24.1 Å². The standard InChI is InChI=1S/C12H17FN2S/c1-2-10-8-15(5-6-16-10)12-7-9(13)3-4-11(12)14/h3-4,7,10H,2,5-6,8,14H2,1H3. The maximum atomic E-state index is 13.2. The third kappa shape index (κ3) is 2.43. The van der Waals surface area contributed by atoms with Crippen molar-refractivity contribution in [2.24, 2.45) is 0 Å². The maximum absolute atomic E-state index is 13.2. The van der Waals surface area contributed by atoms with Crippen molar-refractivity contribution in [1.29, 1.82) is 0 Å². The maximum Gasteiger partial charge on any atom is 0.125 e. The van der Waals surface area contributed by atoms with Gasteiger partial charge in [-0.2, -0.15) is 11.8 Å². The minimum absolute atomic E-state index is 0.213. The fourth-order valence-electron chi connectivity index (χ4n) is 1.98.